The number of carbonyl (C=O) groups excluding carboxylic acids is 2. The van der Waals surface area contributed by atoms with Gasteiger partial charge in [-0.2, -0.15) is 0 Å². The van der Waals surface area contributed by atoms with Crippen molar-refractivity contribution < 1.29 is 9.59 Å². The number of nitrogens with one attached hydrogen (secondary N) is 1. The second-order valence-corrected chi connectivity index (χ2v) is 6.40. The molecule has 1 N–H and O–H groups in total. The second-order valence-electron chi connectivity index (χ2n) is 6.40. The van der Waals surface area contributed by atoms with Gasteiger partial charge in [-0.05, 0) is 56.2 Å². The Labute approximate surface area is 141 Å². The maximum absolute atomic E-state index is 12.5. The Morgan fingerprint density at radius 2 is 1.88 bits per heavy atom. The number of benzene rings is 1. The van der Waals surface area contributed by atoms with Crippen molar-refractivity contribution in [3.8, 4) is 0 Å². The van der Waals surface area contributed by atoms with E-state index in [1.165, 1.54) is 0 Å². The highest BCUT2D eigenvalue weighted by atomic mass is 16.2. The minimum Gasteiger partial charge on any atom is -0.312 e. The molecule has 1 aliphatic heterocycles. The fourth-order valence-electron chi connectivity index (χ4n) is 3.08. The van der Waals surface area contributed by atoms with E-state index in [0.29, 0.717) is 12.4 Å². The number of aromatic nitrogens is 1. The highest BCUT2D eigenvalue weighted by Crippen LogP contribution is 2.27. The zero-order chi connectivity index (χ0) is 17.3. The number of nitrogens with zero attached hydrogens (tertiary/aromatic N) is 2. The third-order valence-corrected chi connectivity index (χ3v) is 4.15. The fraction of sp³-hybridized carbons (Fsp3) is 0.316. The molecule has 0 spiro atoms. The van der Waals surface area contributed by atoms with Crippen LogP contribution in [0.25, 0.3) is 0 Å². The van der Waals surface area contributed by atoms with Gasteiger partial charge in [0.2, 0.25) is 11.8 Å². The summed E-state index contributed by atoms with van der Waals surface area (Å²) in [6.07, 6.45) is 0.227. The van der Waals surface area contributed by atoms with Gasteiger partial charge in [0, 0.05) is 24.3 Å². The molecule has 0 radical (unpaired) electrons. The normalized spacial score (nSPS) is 17.2. The summed E-state index contributed by atoms with van der Waals surface area (Å²) in [7, 11) is 0. The van der Waals surface area contributed by atoms with E-state index in [2.05, 4.69) is 16.4 Å². The number of hydrogen-bond acceptors (Lipinski definition) is 3. The van der Waals surface area contributed by atoms with Crippen LogP contribution >= 0.6 is 0 Å². The third kappa shape index (κ3) is 3.45. The van der Waals surface area contributed by atoms with Crippen LogP contribution in [0.5, 0.6) is 0 Å². The lowest BCUT2D eigenvalue weighted by Gasteiger charge is -2.18. The first-order valence-electron chi connectivity index (χ1n) is 8.05. The number of amides is 2. The first-order chi connectivity index (χ1) is 11.4. The summed E-state index contributed by atoms with van der Waals surface area (Å²) in [4.78, 5) is 30.8. The maximum Gasteiger partial charge on any atom is 0.230 e. The highest BCUT2D eigenvalue weighted by Gasteiger charge is 2.35. The Balaban J connectivity index is 1.73. The molecule has 2 amide bonds. The Bertz CT molecular complexity index is 781. The Hall–Kier alpha value is -2.69. The maximum atomic E-state index is 12.5. The molecule has 24 heavy (non-hydrogen) atoms. The molecule has 2 aromatic rings. The van der Waals surface area contributed by atoms with Crippen LogP contribution in [0.1, 0.15) is 23.2 Å². The van der Waals surface area contributed by atoms with Gasteiger partial charge in [0.1, 0.15) is 5.82 Å². The molecule has 5 heteroatoms. The highest BCUT2D eigenvalue weighted by molar-refractivity contribution is 6.03. The Morgan fingerprint density at radius 3 is 2.54 bits per heavy atom. The first-order valence-corrected chi connectivity index (χ1v) is 8.05. The van der Waals surface area contributed by atoms with E-state index in [0.717, 1.165) is 22.5 Å². The van der Waals surface area contributed by atoms with Crippen LogP contribution in [0.4, 0.5) is 11.5 Å². The van der Waals surface area contributed by atoms with Gasteiger partial charge in [0.15, 0.2) is 0 Å². The summed E-state index contributed by atoms with van der Waals surface area (Å²) in [5.41, 5.74) is 3.91. The standard InChI is InChI=1S/C19H21N3O2/c1-12-7-13(2)9-16(8-12)22-11-15(10-18(22)23)19(24)21-17-6-4-5-14(3)20-17/h4-9,15H,10-11H2,1-3H3,(H,20,21,24). The molecule has 1 aromatic carbocycles. The van der Waals surface area contributed by atoms with E-state index in [1.807, 2.05) is 45.0 Å². The zero-order valence-corrected chi connectivity index (χ0v) is 14.2. The minimum atomic E-state index is -0.361. The summed E-state index contributed by atoms with van der Waals surface area (Å²) in [5.74, 6) is -0.0105. The molecule has 1 saturated heterocycles. The SMILES string of the molecule is Cc1cc(C)cc(N2CC(C(=O)Nc3cccc(C)n3)CC2=O)c1. The summed E-state index contributed by atoms with van der Waals surface area (Å²) in [5, 5.41) is 2.81. The lowest BCUT2D eigenvalue weighted by atomic mass is 10.1. The molecule has 1 aliphatic rings. The lowest BCUT2D eigenvalue weighted by molar-refractivity contribution is -0.122. The lowest BCUT2D eigenvalue weighted by Crippen LogP contribution is -2.28. The number of rotatable bonds is 3. The van der Waals surface area contributed by atoms with E-state index in [4.69, 9.17) is 0 Å². The number of hydrogen-bond donors (Lipinski definition) is 1. The van der Waals surface area contributed by atoms with Crippen LogP contribution in [-0.4, -0.2) is 23.3 Å². The topological polar surface area (TPSA) is 62.3 Å². The van der Waals surface area contributed by atoms with Crippen molar-refractivity contribution in [3.05, 3.63) is 53.2 Å². The van der Waals surface area contributed by atoms with E-state index in [9.17, 15) is 9.59 Å². The third-order valence-electron chi connectivity index (χ3n) is 4.15. The Kier molecular flexibility index (Phi) is 4.34. The van der Waals surface area contributed by atoms with Gasteiger partial charge in [-0.25, -0.2) is 4.98 Å². The molecule has 1 atom stereocenters. The van der Waals surface area contributed by atoms with Crippen LogP contribution < -0.4 is 10.2 Å². The molecule has 124 valence electrons. The van der Waals surface area contributed by atoms with Gasteiger partial charge in [-0.15, -0.1) is 0 Å². The quantitative estimate of drug-likeness (QED) is 0.944. The summed E-state index contributed by atoms with van der Waals surface area (Å²) >= 11 is 0. The van der Waals surface area contributed by atoms with E-state index in [-0.39, 0.29) is 24.2 Å². The first kappa shape index (κ1) is 16.2. The molecule has 0 saturated carbocycles. The molecule has 0 aliphatic carbocycles. The van der Waals surface area contributed by atoms with Crippen LogP contribution in [0.2, 0.25) is 0 Å². The number of anilines is 2. The van der Waals surface area contributed by atoms with E-state index >= 15 is 0 Å². The fourth-order valence-corrected chi connectivity index (χ4v) is 3.08. The van der Waals surface area contributed by atoms with Gasteiger partial charge >= 0.3 is 0 Å². The van der Waals surface area contributed by atoms with Gasteiger partial charge in [0.25, 0.3) is 0 Å². The van der Waals surface area contributed by atoms with Crippen molar-refractivity contribution in [2.75, 3.05) is 16.8 Å². The van der Waals surface area contributed by atoms with Gasteiger partial charge < -0.3 is 10.2 Å². The molecule has 1 unspecified atom stereocenters. The van der Waals surface area contributed by atoms with Crippen LogP contribution in [-0.2, 0) is 9.59 Å². The number of aryl methyl sites for hydroxylation is 3. The van der Waals surface area contributed by atoms with E-state index in [1.54, 1.807) is 11.0 Å². The largest absolute Gasteiger partial charge is 0.312 e. The van der Waals surface area contributed by atoms with Gasteiger partial charge in [0.05, 0.1) is 5.92 Å². The molecule has 2 heterocycles. The minimum absolute atomic E-state index is 0.0163. The molecule has 5 nitrogen and oxygen atoms in total. The van der Waals surface area contributed by atoms with Crippen molar-refractivity contribution in [2.45, 2.75) is 27.2 Å². The monoisotopic (exact) mass is 323 g/mol. The van der Waals surface area contributed by atoms with Crippen LogP contribution in [0, 0.1) is 26.7 Å². The predicted molar refractivity (Wildman–Crippen MR) is 94.0 cm³/mol. The van der Waals surface area contributed by atoms with Crippen molar-refractivity contribution >= 4 is 23.3 Å². The van der Waals surface area contributed by atoms with Gasteiger partial charge in [-0.1, -0.05) is 12.1 Å². The van der Waals surface area contributed by atoms with Crippen molar-refractivity contribution in [2.24, 2.45) is 5.92 Å². The molecular weight excluding hydrogens is 302 g/mol. The number of carbonyl (C=O) groups is 2. The Morgan fingerprint density at radius 1 is 1.17 bits per heavy atom. The molecule has 1 fully saturated rings. The number of pyridine rings is 1. The predicted octanol–water partition coefficient (Wildman–Crippen LogP) is 3.00. The molecule has 1 aromatic heterocycles. The summed E-state index contributed by atoms with van der Waals surface area (Å²) < 4.78 is 0. The smallest absolute Gasteiger partial charge is 0.230 e. The van der Waals surface area contributed by atoms with Crippen LogP contribution in [0.15, 0.2) is 36.4 Å². The van der Waals surface area contributed by atoms with Crippen molar-refractivity contribution in [1.29, 1.82) is 0 Å². The molecule has 0 bridgehead atoms. The van der Waals surface area contributed by atoms with Crippen LogP contribution in [0.3, 0.4) is 0 Å². The molecule has 3 rings (SSSR count). The van der Waals surface area contributed by atoms with Gasteiger partial charge in [-0.3, -0.25) is 9.59 Å². The molecular formula is C19H21N3O2. The summed E-state index contributed by atoms with van der Waals surface area (Å²) in [6.45, 7) is 6.28. The van der Waals surface area contributed by atoms with Crippen molar-refractivity contribution in [3.63, 3.8) is 0 Å². The van der Waals surface area contributed by atoms with Crippen molar-refractivity contribution in [1.82, 2.24) is 4.98 Å². The average molecular weight is 323 g/mol. The average Bonchev–Trinajstić information content (AvgIpc) is 2.88. The second kappa shape index (κ2) is 6.43. The van der Waals surface area contributed by atoms with E-state index < -0.39 is 0 Å². The zero-order valence-electron chi connectivity index (χ0n) is 14.2. The summed E-state index contributed by atoms with van der Waals surface area (Å²) in [6, 6.07) is 11.5.